The molecule has 0 saturated carbocycles. The first-order valence-corrected chi connectivity index (χ1v) is 8.55. The van der Waals surface area contributed by atoms with Crippen LogP contribution in [0.4, 0.5) is 5.69 Å². The van der Waals surface area contributed by atoms with Crippen molar-refractivity contribution in [3.05, 3.63) is 70.3 Å². The third-order valence-electron chi connectivity index (χ3n) is 4.12. The molecule has 0 bridgehead atoms. The molecule has 7 heteroatoms. The van der Waals surface area contributed by atoms with Gasteiger partial charge < -0.3 is 0 Å². The van der Waals surface area contributed by atoms with Crippen LogP contribution in [0.25, 0.3) is 0 Å². The molecule has 1 heterocycles. The van der Waals surface area contributed by atoms with E-state index in [1.54, 1.807) is 0 Å². The van der Waals surface area contributed by atoms with Crippen LogP contribution in [0.2, 0.25) is 0 Å². The molecule has 0 aliphatic carbocycles. The summed E-state index contributed by atoms with van der Waals surface area (Å²) in [6.07, 6.45) is 0. The van der Waals surface area contributed by atoms with Gasteiger partial charge in [-0.2, -0.15) is 4.31 Å². The molecular formula is C16H16N2O4S. The molecule has 1 fully saturated rings. The average Bonchev–Trinajstić information content (AvgIpc) is 3.11. The lowest BCUT2D eigenvalue weighted by Gasteiger charge is -2.08. The maximum absolute atomic E-state index is 12.9. The first-order chi connectivity index (χ1) is 10.8. The topological polar surface area (TPSA) is 80.3 Å². The highest BCUT2D eigenvalue weighted by molar-refractivity contribution is 7.89. The second-order valence-electron chi connectivity index (χ2n) is 5.99. The van der Waals surface area contributed by atoms with Crippen molar-refractivity contribution in [1.29, 1.82) is 0 Å². The van der Waals surface area contributed by atoms with Crippen LogP contribution < -0.4 is 0 Å². The molecule has 1 aliphatic heterocycles. The Labute approximate surface area is 134 Å². The van der Waals surface area contributed by atoms with E-state index in [2.05, 4.69) is 0 Å². The minimum absolute atomic E-state index is 0.267. The van der Waals surface area contributed by atoms with Gasteiger partial charge in [-0.25, -0.2) is 8.42 Å². The molecule has 0 aromatic heterocycles. The lowest BCUT2D eigenvalue weighted by molar-refractivity contribution is -0.387. The van der Waals surface area contributed by atoms with Gasteiger partial charge in [0.25, 0.3) is 15.7 Å². The lowest BCUT2D eigenvalue weighted by atomic mass is 10.0. The van der Waals surface area contributed by atoms with E-state index in [1.807, 2.05) is 44.2 Å². The average molecular weight is 332 g/mol. The predicted octanol–water partition coefficient (Wildman–Crippen LogP) is 3.12. The van der Waals surface area contributed by atoms with Gasteiger partial charge in [0.15, 0.2) is 4.90 Å². The lowest BCUT2D eigenvalue weighted by Crippen LogP contribution is -2.19. The maximum atomic E-state index is 12.9. The van der Waals surface area contributed by atoms with E-state index in [9.17, 15) is 18.5 Å². The summed E-state index contributed by atoms with van der Waals surface area (Å²) >= 11 is 0. The van der Waals surface area contributed by atoms with E-state index in [1.165, 1.54) is 28.6 Å². The van der Waals surface area contributed by atoms with Crippen LogP contribution in [-0.4, -0.2) is 23.2 Å². The van der Waals surface area contributed by atoms with Gasteiger partial charge in [-0.3, -0.25) is 10.1 Å². The highest BCUT2D eigenvalue weighted by Crippen LogP contribution is 2.56. The maximum Gasteiger partial charge on any atom is 0.289 e. The van der Waals surface area contributed by atoms with Gasteiger partial charge in [0.1, 0.15) is 0 Å². The monoisotopic (exact) mass is 332 g/mol. The summed E-state index contributed by atoms with van der Waals surface area (Å²) in [5, 5.41) is 11.1. The number of sulfonamides is 1. The van der Waals surface area contributed by atoms with Crippen molar-refractivity contribution < 1.29 is 13.3 Å². The summed E-state index contributed by atoms with van der Waals surface area (Å²) in [6, 6.07) is 14.4. The number of nitro groups is 1. The molecule has 0 radical (unpaired) electrons. The Hall–Kier alpha value is -2.25. The van der Waals surface area contributed by atoms with Gasteiger partial charge >= 0.3 is 0 Å². The van der Waals surface area contributed by atoms with Gasteiger partial charge in [0.05, 0.1) is 16.5 Å². The van der Waals surface area contributed by atoms with Crippen molar-refractivity contribution in [2.24, 2.45) is 0 Å². The van der Waals surface area contributed by atoms with Crippen molar-refractivity contribution in [3.8, 4) is 0 Å². The fourth-order valence-electron chi connectivity index (χ4n) is 3.01. The molecule has 2 atom stereocenters. The smallest absolute Gasteiger partial charge is 0.258 e. The van der Waals surface area contributed by atoms with Crippen LogP contribution in [0.3, 0.4) is 0 Å². The van der Waals surface area contributed by atoms with Crippen LogP contribution >= 0.6 is 0 Å². The molecule has 3 rings (SSSR count). The predicted molar refractivity (Wildman–Crippen MR) is 85.4 cm³/mol. The minimum atomic E-state index is -3.95. The second-order valence-corrected chi connectivity index (χ2v) is 7.78. The van der Waals surface area contributed by atoms with Crippen molar-refractivity contribution in [2.45, 2.75) is 30.3 Å². The number of benzene rings is 2. The molecule has 1 saturated heterocycles. The van der Waals surface area contributed by atoms with Crippen molar-refractivity contribution in [3.63, 3.8) is 0 Å². The number of nitrogens with zero attached hydrogens (tertiary/aromatic N) is 2. The van der Waals surface area contributed by atoms with E-state index in [-0.39, 0.29) is 10.9 Å². The van der Waals surface area contributed by atoms with Crippen molar-refractivity contribution >= 4 is 15.7 Å². The normalized spacial score (nSPS) is 22.5. The first kappa shape index (κ1) is 15.6. The standard InChI is InChI=1S/C16H16N2O4S/c1-16(2)15(12-8-4-3-5-9-12)17(16)23(21,22)14-11-7-6-10-13(14)18(19)20/h3-11,15H,1-2H3/t15-,17?/m1/s1. The summed E-state index contributed by atoms with van der Waals surface area (Å²) in [5.74, 6) is 0. The largest absolute Gasteiger partial charge is 0.289 e. The SMILES string of the molecule is CC1(C)[C@@H](c2ccccc2)N1S(=O)(=O)c1ccccc1[N+](=O)[O-]. The van der Waals surface area contributed by atoms with Gasteiger partial charge in [0, 0.05) is 6.07 Å². The summed E-state index contributed by atoms with van der Waals surface area (Å²) in [6.45, 7) is 3.63. The zero-order valence-corrected chi connectivity index (χ0v) is 13.5. The highest BCUT2D eigenvalue weighted by Gasteiger charge is 2.63. The Morgan fingerprint density at radius 1 is 1.04 bits per heavy atom. The van der Waals surface area contributed by atoms with E-state index in [4.69, 9.17) is 0 Å². The highest BCUT2D eigenvalue weighted by atomic mass is 32.2. The van der Waals surface area contributed by atoms with Gasteiger partial charge in [-0.05, 0) is 25.5 Å². The number of hydrogen-bond donors (Lipinski definition) is 0. The number of hydrogen-bond acceptors (Lipinski definition) is 4. The van der Waals surface area contributed by atoms with Crippen molar-refractivity contribution in [2.75, 3.05) is 0 Å². The Balaban J connectivity index is 2.07. The quantitative estimate of drug-likeness (QED) is 0.489. The summed E-state index contributed by atoms with van der Waals surface area (Å²) < 4.78 is 27.2. The third kappa shape index (κ3) is 2.42. The van der Waals surface area contributed by atoms with Crippen LogP contribution in [-0.2, 0) is 10.0 Å². The zero-order valence-electron chi connectivity index (χ0n) is 12.7. The van der Waals surface area contributed by atoms with Crippen LogP contribution in [0.15, 0.2) is 59.5 Å². The fraction of sp³-hybridized carbons (Fsp3) is 0.250. The molecule has 1 aliphatic rings. The first-order valence-electron chi connectivity index (χ1n) is 7.11. The molecule has 23 heavy (non-hydrogen) atoms. The summed E-state index contributed by atoms with van der Waals surface area (Å²) in [7, 11) is -3.95. The van der Waals surface area contributed by atoms with Crippen LogP contribution in [0, 0.1) is 10.1 Å². The third-order valence-corrected chi connectivity index (χ3v) is 6.22. The molecule has 6 nitrogen and oxygen atoms in total. The Bertz CT molecular complexity index is 863. The van der Waals surface area contributed by atoms with Gasteiger partial charge in [0.2, 0.25) is 0 Å². The number of nitro benzene ring substituents is 1. The van der Waals surface area contributed by atoms with E-state index in [0.717, 1.165) is 5.56 Å². The van der Waals surface area contributed by atoms with E-state index >= 15 is 0 Å². The van der Waals surface area contributed by atoms with Crippen LogP contribution in [0.5, 0.6) is 0 Å². The fourth-order valence-corrected chi connectivity index (χ4v) is 5.21. The number of para-hydroxylation sites is 1. The van der Waals surface area contributed by atoms with Gasteiger partial charge in [-0.1, -0.05) is 42.5 Å². The molecule has 2 aromatic carbocycles. The molecule has 2 aromatic rings. The molecule has 0 N–H and O–H groups in total. The zero-order chi connectivity index (χ0) is 16.8. The summed E-state index contributed by atoms with van der Waals surface area (Å²) in [4.78, 5) is 10.2. The minimum Gasteiger partial charge on any atom is -0.258 e. The Morgan fingerprint density at radius 3 is 2.22 bits per heavy atom. The molecule has 120 valence electrons. The Kier molecular flexibility index (Phi) is 3.50. The van der Waals surface area contributed by atoms with E-state index < -0.39 is 26.2 Å². The molecule has 0 spiro atoms. The van der Waals surface area contributed by atoms with Crippen LogP contribution in [0.1, 0.15) is 25.5 Å². The molecule has 0 amide bonds. The van der Waals surface area contributed by atoms with Crippen molar-refractivity contribution in [1.82, 2.24) is 4.31 Å². The number of rotatable bonds is 4. The Morgan fingerprint density at radius 2 is 1.61 bits per heavy atom. The van der Waals surface area contributed by atoms with Gasteiger partial charge in [-0.15, -0.1) is 0 Å². The second kappa shape index (κ2) is 5.14. The molecular weight excluding hydrogens is 316 g/mol. The van der Waals surface area contributed by atoms with E-state index in [0.29, 0.717) is 0 Å². The molecule has 1 unspecified atom stereocenters. The summed E-state index contributed by atoms with van der Waals surface area (Å²) in [5.41, 5.74) is -0.147.